The molecule has 3 aromatic rings. The van der Waals surface area contributed by atoms with Crippen molar-refractivity contribution in [3.8, 4) is 0 Å². The first-order valence-corrected chi connectivity index (χ1v) is 9.13. The SMILES string of the molecule is CC(=O)Nc1sc(C)c(C)c1C(=O)OCC(=O)Nc1ccc2[nH]c(=O)[nH]c2c1. The van der Waals surface area contributed by atoms with Crippen LogP contribution in [0.15, 0.2) is 23.0 Å². The van der Waals surface area contributed by atoms with Crippen molar-refractivity contribution < 1.29 is 19.1 Å². The van der Waals surface area contributed by atoms with Gasteiger partial charge in [0, 0.05) is 17.5 Å². The third-order valence-electron chi connectivity index (χ3n) is 4.01. The zero-order valence-electron chi connectivity index (χ0n) is 15.4. The van der Waals surface area contributed by atoms with Gasteiger partial charge in [0.2, 0.25) is 5.91 Å². The molecule has 0 saturated heterocycles. The highest BCUT2D eigenvalue weighted by molar-refractivity contribution is 7.16. The number of amides is 2. The molecule has 0 spiro atoms. The van der Waals surface area contributed by atoms with Gasteiger partial charge in [0.1, 0.15) is 5.00 Å². The summed E-state index contributed by atoms with van der Waals surface area (Å²) in [6.45, 7) is 4.44. The molecule has 0 saturated carbocycles. The van der Waals surface area contributed by atoms with Gasteiger partial charge in [-0.25, -0.2) is 9.59 Å². The van der Waals surface area contributed by atoms with Crippen LogP contribution in [0.25, 0.3) is 11.0 Å². The first-order valence-electron chi connectivity index (χ1n) is 8.31. The Labute approximate surface area is 163 Å². The molecule has 3 rings (SSSR count). The number of rotatable bonds is 5. The number of hydrogen-bond donors (Lipinski definition) is 4. The lowest BCUT2D eigenvalue weighted by molar-refractivity contribution is -0.119. The van der Waals surface area contributed by atoms with Crippen LogP contribution in [-0.2, 0) is 14.3 Å². The molecule has 10 heteroatoms. The van der Waals surface area contributed by atoms with E-state index in [9.17, 15) is 19.2 Å². The quantitative estimate of drug-likeness (QED) is 0.486. The Morgan fingerprint density at radius 1 is 1.11 bits per heavy atom. The molecular formula is C18H18N4O5S. The topological polar surface area (TPSA) is 133 Å². The van der Waals surface area contributed by atoms with Crippen LogP contribution >= 0.6 is 11.3 Å². The average Bonchev–Trinajstić information content (AvgIpc) is 3.10. The number of anilines is 2. The lowest BCUT2D eigenvalue weighted by Crippen LogP contribution is -2.21. The Bertz CT molecular complexity index is 1140. The number of nitrogens with one attached hydrogen (secondary N) is 4. The molecule has 0 radical (unpaired) electrons. The summed E-state index contributed by atoms with van der Waals surface area (Å²) >= 11 is 1.27. The molecule has 0 bridgehead atoms. The fourth-order valence-corrected chi connectivity index (χ4v) is 3.73. The first-order chi connectivity index (χ1) is 13.2. The van der Waals surface area contributed by atoms with Crippen molar-refractivity contribution in [1.82, 2.24) is 9.97 Å². The van der Waals surface area contributed by atoms with Crippen molar-refractivity contribution in [3.05, 3.63) is 44.7 Å². The number of carbonyl (C=O) groups is 3. The van der Waals surface area contributed by atoms with Crippen LogP contribution in [-0.4, -0.2) is 34.4 Å². The second-order valence-electron chi connectivity index (χ2n) is 6.13. The second-order valence-corrected chi connectivity index (χ2v) is 7.36. The maximum atomic E-state index is 12.4. The highest BCUT2D eigenvalue weighted by Gasteiger charge is 2.22. The number of aryl methyl sites for hydroxylation is 1. The fourth-order valence-electron chi connectivity index (χ4n) is 2.63. The standard InChI is InChI=1S/C18H18N4O5S/c1-8-9(2)28-16(19-10(3)23)15(8)17(25)27-7-14(24)20-11-4-5-12-13(6-11)22-18(26)21-12/h4-6H,7H2,1-3H3,(H,19,23)(H,20,24)(H2,21,22,26). The molecule has 4 N–H and O–H groups in total. The summed E-state index contributed by atoms with van der Waals surface area (Å²) in [6.07, 6.45) is 0. The number of aromatic nitrogens is 2. The summed E-state index contributed by atoms with van der Waals surface area (Å²) < 4.78 is 5.11. The molecular weight excluding hydrogens is 384 g/mol. The highest BCUT2D eigenvalue weighted by atomic mass is 32.1. The zero-order chi connectivity index (χ0) is 20.4. The van der Waals surface area contributed by atoms with E-state index in [0.717, 1.165) is 4.88 Å². The van der Waals surface area contributed by atoms with Gasteiger partial charge in [0.15, 0.2) is 6.61 Å². The average molecular weight is 402 g/mol. The van der Waals surface area contributed by atoms with Gasteiger partial charge < -0.3 is 25.3 Å². The fraction of sp³-hybridized carbons (Fsp3) is 0.222. The van der Waals surface area contributed by atoms with Crippen molar-refractivity contribution in [2.45, 2.75) is 20.8 Å². The van der Waals surface area contributed by atoms with Gasteiger partial charge in [-0.2, -0.15) is 0 Å². The zero-order valence-corrected chi connectivity index (χ0v) is 16.2. The molecule has 0 unspecified atom stereocenters. The van der Waals surface area contributed by atoms with E-state index in [0.29, 0.717) is 27.3 Å². The molecule has 0 aliphatic rings. The highest BCUT2D eigenvalue weighted by Crippen LogP contribution is 2.33. The Balaban J connectivity index is 1.66. The number of fused-ring (bicyclic) bond motifs is 1. The number of esters is 1. The number of hydrogen-bond acceptors (Lipinski definition) is 6. The van der Waals surface area contributed by atoms with Gasteiger partial charge in [-0.15, -0.1) is 11.3 Å². The Morgan fingerprint density at radius 3 is 2.54 bits per heavy atom. The Hall–Kier alpha value is -3.40. The molecule has 0 atom stereocenters. The van der Waals surface area contributed by atoms with E-state index in [1.807, 2.05) is 6.92 Å². The van der Waals surface area contributed by atoms with Gasteiger partial charge >= 0.3 is 11.7 Å². The van der Waals surface area contributed by atoms with Crippen LogP contribution in [0.4, 0.5) is 10.7 Å². The molecule has 2 heterocycles. The van der Waals surface area contributed by atoms with E-state index in [-0.39, 0.29) is 17.2 Å². The lowest BCUT2D eigenvalue weighted by Gasteiger charge is -2.08. The molecule has 0 fully saturated rings. The number of benzene rings is 1. The molecule has 0 aliphatic carbocycles. The van der Waals surface area contributed by atoms with Crippen molar-refractivity contribution >= 4 is 50.8 Å². The lowest BCUT2D eigenvalue weighted by atomic mass is 10.1. The smallest absolute Gasteiger partial charge is 0.341 e. The summed E-state index contributed by atoms with van der Waals surface area (Å²) in [6, 6.07) is 4.85. The number of imidazole rings is 1. The van der Waals surface area contributed by atoms with Gasteiger partial charge in [0.05, 0.1) is 16.6 Å². The summed E-state index contributed by atoms with van der Waals surface area (Å²) in [5.41, 5.74) is 2.21. The van der Waals surface area contributed by atoms with Crippen LogP contribution in [0.2, 0.25) is 0 Å². The minimum Gasteiger partial charge on any atom is -0.452 e. The molecule has 2 aromatic heterocycles. The monoisotopic (exact) mass is 402 g/mol. The van der Waals surface area contributed by atoms with Gasteiger partial charge in [0.25, 0.3) is 5.91 Å². The summed E-state index contributed by atoms with van der Waals surface area (Å²) in [5, 5.41) is 5.60. The molecule has 146 valence electrons. The van der Waals surface area contributed by atoms with Gasteiger partial charge in [-0.05, 0) is 37.6 Å². The maximum Gasteiger partial charge on any atom is 0.341 e. The summed E-state index contributed by atoms with van der Waals surface area (Å²) in [4.78, 5) is 53.2. The predicted octanol–water partition coefficient (Wildman–Crippen LogP) is 2.29. The maximum absolute atomic E-state index is 12.4. The summed E-state index contributed by atoms with van der Waals surface area (Å²) in [7, 11) is 0. The Morgan fingerprint density at radius 2 is 1.82 bits per heavy atom. The number of carbonyl (C=O) groups excluding carboxylic acids is 3. The van der Waals surface area contributed by atoms with Crippen LogP contribution < -0.4 is 16.3 Å². The van der Waals surface area contributed by atoms with E-state index in [2.05, 4.69) is 20.6 Å². The predicted molar refractivity (Wildman–Crippen MR) is 106 cm³/mol. The van der Waals surface area contributed by atoms with E-state index < -0.39 is 18.5 Å². The normalized spacial score (nSPS) is 10.7. The van der Waals surface area contributed by atoms with E-state index in [1.54, 1.807) is 25.1 Å². The van der Waals surface area contributed by atoms with Crippen molar-refractivity contribution in [3.63, 3.8) is 0 Å². The minimum absolute atomic E-state index is 0.247. The van der Waals surface area contributed by atoms with Gasteiger partial charge in [-0.3, -0.25) is 9.59 Å². The minimum atomic E-state index is -0.689. The number of thiophene rings is 1. The largest absolute Gasteiger partial charge is 0.452 e. The summed E-state index contributed by atoms with van der Waals surface area (Å²) in [5.74, 6) is -1.52. The van der Waals surface area contributed by atoms with Gasteiger partial charge in [-0.1, -0.05) is 0 Å². The molecule has 28 heavy (non-hydrogen) atoms. The van der Waals surface area contributed by atoms with E-state index in [1.165, 1.54) is 18.3 Å². The number of aromatic amines is 2. The second kappa shape index (κ2) is 7.69. The van der Waals surface area contributed by atoms with E-state index >= 15 is 0 Å². The van der Waals surface area contributed by atoms with Crippen molar-refractivity contribution in [2.24, 2.45) is 0 Å². The van der Waals surface area contributed by atoms with Crippen LogP contribution in [0.3, 0.4) is 0 Å². The molecule has 9 nitrogen and oxygen atoms in total. The Kier molecular flexibility index (Phi) is 5.32. The van der Waals surface area contributed by atoms with E-state index in [4.69, 9.17) is 4.74 Å². The van der Waals surface area contributed by atoms with Crippen molar-refractivity contribution in [1.29, 1.82) is 0 Å². The third-order valence-corrected chi connectivity index (χ3v) is 5.14. The first kappa shape index (κ1) is 19.4. The molecule has 0 aliphatic heterocycles. The van der Waals surface area contributed by atoms with Crippen LogP contribution in [0.5, 0.6) is 0 Å². The third kappa shape index (κ3) is 4.12. The molecule has 1 aromatic carbocycles. The number of H-pyrrole nitrogens is 2. The van der Waals surface area contributed by atoms with Crippen LogP contribution in [0, 0.1) is 13.8 Å². The molecule has 2 amide bonds. The van der Waals surface area contributed by atoms with Crippen LogP contribution in [0.1, 0.15) is 27.7 Å². The van der Waals surface area contributed by atoms with Crippen molar-refractivity contribution in [2.75, 3.05) is 17.2 Å². The number of ether oxygens (including phenoxy) is 1.